The third-order valence-electron chi connectivity index (χ3n) is 2.46. The van der Waals surface area contributed by atoms with Crippen molar-refractivity contribution in [1.82, 2.24) is 0 Å². The van der Waals surface area contributed by atoms with E-state index in [9.17, 15) is 9.18 Å². The van der Waals surface area contributed by atoms with Crippen LogP contribution in [0.1, 0.15) is 31.2 Å². The Balaban J connectivity index is 3.13. The number of carboxylic acid groups (broad SMARTS) is 1. The number of ether oxygens (including phenoxy) is 1. The first-order chi connectivity index (χ1) is 7.61. The van der Waals surface area contributed by atoms with Crippen LogP contribution < -0.4 is 4.74 Å². The minimum absolute atomic E-state index is 0.0832. The van der Waals surface area contributed by atoms with Crippen LogP contribution in [0.15, 0.2) is 18.2 Å². The number of halogens is 1. The minimum Gasteiger partial charge on any atom is -0.494 e. The van der Waals surface area contributed by atoms with Crippen molar-refractivity contribution in [2.24, 2.45) is 0 Å². The average molecular weight is 226 g/mol. The van der Waals surface area contributed by atoms with Crippen molar-refractivity contribution in [1.29, 1.82) is 0 Å². The fraction of sp³-hybridized carbons (Fsp3) is 0.417. The van der Waals surface area contributed by atoms with Gasteiger partial charge in [-0.3, -0.25) is 4.79 Å². The molecule has 3 nitrogen and oxygen atoms in total. The van der Waals surface area contributed by atoms with Crippen LogP contribution in [0.4, 0.5) is 4.39 Å². The Kier molecular flexibility index (Phi) is 4.28. The lowest BCUT2D eigenvalue weighted by atomic mass is 9.94. The lowest BCUT2D eigenvalue weighted by Crippen LogP contribution is -2.13. The second kappa shape index (κ2) is 5.49. The van der Waals surface area contributed by atoms with Gasteiger partial charge < -0.3 is 9.84 Å². The molecule has 1 aromatic carbocycles. The van der Waals surface area contributed by atoms with Gasteiger partial charge in [0, 0.05) is 5.56 Å². The van der Waals surface area contributed by atoms with Gasteiger partial charge in [0.1, 0.15) is 0 Å². The van der Waals surface area contributed by atoms with Gasteiger partial charge in [-0.1, -0.05) is 25.5 Å². The summed E-state index contributed by atoms with van der Waals surface area (Å²) in [7, 11) is 1.36. The number of hydrogen-bond acceptors (Lipinski definition) is 2. The second-order valence-corrected chi connectivity index (χ2v) is 3.54. The highest BCUT2D eigenvalue weighted by Gasteiger charge is 2.23. The molecule has 0 saturated carbocycles. The third-order valence-corrected chi connectivity index (χ3v) is 2.46. The minimum atomic E-state index is -1.01. The van der Waals surface area contributed by atoms with E-state index in [4.69, 9.17) is 9.84 Å². The van der Waals surface area contributed by atoms with Crippen molar-refractivity contribution in [2.75, 3.05) is 7.11 Å². The zero-order valence-corrected chi connectivity index (χ0v) is 9.37. The fourth-order valence-corrected chi connectivity index (χ4v) is 1.66. The molecule has 0 radical (unpaired) electrons. The van der Waals surface area contributed by atoms with Crippen LogP contribution in [0, 0.1) is 5.82 Å². The highest BCUT2D eigenvalue weighted by atomic mass is 19.1. The quantitative estimate of drug-likeness (QED) is 0.839. The smallest absolute Gasteiger partial charge is 0.311 e. The number of rotatable bonds is 5. The first-order valence-corrected chi connectivity index (χ1v) is 5.17. The number of carbonyl (C=O) groups is 1. The molecule has 0 bridgehead atoms. The van der Waals surface area contributed by atoms with Crippen molar-refractivity contribution in [3.8, 4) is 5.75 Å². The Bertz CT molecular complexity index is 377. The van der Waals surface area contributed by atoms with Gasteiger partial charge in [0.2, 0.25) is 0 Å². The molecule has 4 heteroatoms. The molecule has 0 aliphatic carbocycles. The Morgan fingerprint density at radius 2 is 2.25 bits per heavy atom. The normalized spacial score (nSPS) is 12.2. The second-order valence-electron chi connectivity index (χ2n) is 3.54. The SMILES string of the molecule is CCCC(C(=O)O)c1cccc(OC)c1F. The summed E-state index contributed by atoms with van der Waals surface area (Å²) in [5.74, 6) is -2.31. The van der Waals surface area contributed by atoms with Crippen LogP contribution in [0.25, 0.3) is 0 Å². The van der Waals surface area contributed by atoms with Gasteiger partial charge in [-0.15, -0.1) is 0 Å². The van der Waals surface area contributed by atoms with E-state index in [0.717, 1.165) is 0 Å². The lowest BCUT2D eigenvalue weighted by Gasteiger charge is -2.14. The van der Waals surface area contributed by atoms with Crippen molar-refractivity contribution in [3.05, 3.63) is 29.6 Å². The van der Waals surface area contributed by atoms with Gasteiger partial charge in [-0.2, -0.15) is 0 Å². The van der Waals surface area contributed by atoms with E-state index >= 15 is 0 Å². The monoisotopic (exact) mass is 226 g/mol. The van der Waals surface area contributed by atoms with Crippen LogP contribution in [0.5, 0.6) is 5.75 Å². The summed E-state index contributed by atoms with van der Waals surface area (Å²) in [6.07, 6.45) is 1.10. The molecule has 1 atom stereocenters. The molecule has 0 fully saturated rings. The highest BCUT2D eigenvalue weighted by Crippen LogP contribution is 2.29. The van der Waals surface area contributed by atoms with Gasteiger partial charge in [-0.05, 0) is 12.5 Å². The van der Waals surface area contributed by atoms with Crippen LogP contribution in [0.2, 0.25) is 0 Å². The highest BCUT2D eigenvalue weighted by molar-refractivity contribution is 5.76. The molecule has 1 unspecified atom stereocenters. The molecule has 0 aromatic heterocycles. The van der Waals surface area contributed by atoms with Gasteiger partial charge >= 0.3 is 5.97 Å². The molecule has 1 rings (SSSR count). The summed E-state index contributed by atoms with van der Waals surface area (Å²) in [6.45, 7) is 1.87. The third kappa shape index (κ3) is 2.51. The lowest BCUT2D eigenvalue weighted by molar-refractivity contribution is -0.139. The number of benzene rings is 1. The molecule has 0 aliphatic rings. The maximum absolute atomic E-state index is 13.8. The van der Waals surface area contributed by atoms with Crippen molar-refractivity contribution in [2.45, 2.75) is 25.7 Å². The zero-order chi connectivity index (χ0) is 12.1. The summed E-state index contributed by atoms with van der Waals surface area (Å²) in [5.41, 5.74) is 0.189. The standard InChI is InChI=1S/C12H15FO3/c1-3-5-9(12(14)15)8-6-4-7-10(16-2)11(8)13/h4,6-7,9H,3,5H2,1-2H3,(H,14,15). The van der Waals surface area contributed by atoms with Gasteiger partial charge in [0.15, 0.2) is 11.6 Å². The molecule has 0 spiro atoms. The van der Waals surface area contributed by atoms with E-state index in [2.05, 4.69) is 0 Å². The predicted molar refractivity (Wildman–Crippen MR) is 58.2 cm³/mol. The summed E-state index contributed by atoms with van der Waals surface area (Å²) in [6, 6.07) is 4.57. The van der Waals surface area contributed by atoms with E-state index in [1.54, 1.807) is 6.07 Å². The number of carboxylic acids is 1. The fourth-order valence-electron chi connectivity index (χ4n) is 1.66. The van der Waals surface area contributed by atoms with Crippen LogP contribution in [-0.4, -0.2) is 18.2 Å². The van der Waals surface area contributed by atoms with Crippen molar-refractivity contribution >= 4 is 5.97 Å². The van der Waals surface area contributed by atoms with E-state index < -0.39 is 17.7 Å². The van der Waals surface area contributed by atoms with Crippen LogP contribution >= 0.6 is 0 Å². The molecule has 16 heavy (non-hydrogen) atoms. The van der Waals surface area contributed by atoms with Gasteiger partial charge in [0.25, 0.3) is 0 Å². The summed E-state index contributed by atoms with van der Waals surface area (Å²) in [4.78, 5) is 11.0. The van der Waals surface area contributed by atoms with Crippen molar-refractivity contribution in [3.63, 3.8) is 0 Å². The number of methoxy groups -OCH3 is 1. The Morgan fingerprint density at radius 3 is 2.75 bits per heavy atom. The molecular weight excluding hydrogens is 211 g/mol. The van der Waals surface area contributed by atoms with Crippen LogP contribution in [0.3, 0.4) is 0 Å². The van der Waals surface area contributed by atoms with Crippen molar-refractivity contribution < 1.29 is 19.0 Å². The molecule has 0 heterocycles. The molecule has 0 amide bonds. The largest absolute Gasteiger partial charge is 0.494 e. The molecule has 0 aliphatic heterocycles. The zero-order valence-electron chi connectivity index (χ0n) is 9.37. The van der Waals surface area contributed by atoms with Gasteiger partial charge in [-0.25, -0.2) is 4.39 Å². The first kappa shape index (κ1) is 12.5. The maximum atomic E-state index is 13.8. The van der Waals surface area contributed by atoms with Crippen LogP contribution in [-0.2, 0) is 4.79 Å². The predicted octanol–water partition coefficient (Wildman–Crippen LogP) is 2.80. The first-order valence-electron chi connectivity index (χ1n) is 5.17. The molecule has 1 N–H and O–H groups in total. The van der Waals surface area contributed by atoms with E-state index in [1.165, 1.54) is 19.2 Å². The van der Waals surface area contributed by atoms with E-state index in [0.29, 0.717) is 12.8 Å². The molecule has 88 valence electrons. The topological polar surface area (TPSA) is 46.5 Å². The Labute approximate surface area is 93.9 Å². The average Bonchev–Trinajstić information content (AvgIpc) is 2.26. The summed E-state index contributed by atoms with van der Waals surface area (Å²) >= 11 is 0. The maximum Gasteiger partial charge on any atom is 0.311 e. The summed E-state index contributed by atoms with van der Waals surface area (Å²) < 4.78 is 18.6. The Hall–Kier alpha value is -1.58. The molecular formula is C12H15FO3. The van der Waals surface area contributed by atoms with E-state index in [-0.39, 0.29) is 11.3 Å². The molecule has 0 saturated heterocycles. The van der Waals surface area contributed by atoms with Gasteiger partial charge in [0.05, 0.1) is 13.0 Å². The summed E-state index contributed by atoms with van der Waals surface area (Å²) in [5, 5.41) is 9.04. The number of hydrogen-bond donors (Lipinski definition) is 1. The number of aliphatic carboxylic acids is 1. The molecule has 1 aromatic rings. The Morgan fingerprint density at radius 1 is 1.56 bits per heavy atom. The van der Waals surface area contributed by atoms with E-state index in [1.807, 2.05) is 6.92 Å².